The molecular weight excluding hydrogens is 645 g/mol. The molecule has 12 rings (SSSR count). The predicted octanol–water partition coefficient (Wildman–Crippen LogP) is 14.6. The summed E-state index contributed by atoms with van der Waals surface area (Å²) in [7, 11) is 0. The number of hydrogen-bond donors (Lipinski definition) is 0. The van der Waals surface area contributed by atoms with Gasteiger partial charge in [-0.05, 0) is 108 Å². The van der Waals surface area contributed by atoms with E-state index in [9.17, 15) is 0 Å². The van der Waals surface area contributed by atoms with Crippen molar-refractivity contribution in [2.24, 2.45) is 0 Å². The van der Waals surface area contributed by atoms with Gasteiger partial charge in [0.1, 0.15) is 22.3 Å². The van der Waals surface area contributed by atoms with E-state index in [4.69, 9.17) is 8.83 Å². The van der Waals surface area contributed by atoms with Crippen molar-refractivity contribution in [1.82, 2.24) is 0 Å². The van der Waals surface area contributed by atoms with E-state index in [1.54, 1.807) is 0 Å². The highest BCUT2D eigenvalue weighted by atomic mass is 16.3. The zero-order valence-electron chi connectivity index (χ0n) is 29.3. The molecule has 53 heavy (non-hydrogen) atoms. The molecule has 0 bridgehead atoms. The Morgan fingerprint density at radius 3 is 1.58 bits per heavy atom. The maximum Gasteiger partial charge on any atom is 0.143 e. The molecule has 0 radical (unpaired) electrons. The van der Waals surface area contributed by atoms with Gasteiger partial charge >= 0.3 is 0 Å². The van der Waals surface area contributed by atoms with Gasteiger partial charge in [0.15, 0.2) is 0 Å². The Kier molecular flexibility index (Phi) is 5.60. The number of para-hydroxylation sites is 2. The van der Waals surface area contributed by atoms with Gasteiger partial charge in [-0.3, -0.25) is 0 Å². The minimum Gasteiger partial charge on any atom is -0.456 e. The highest BCUT2D eigenvalue weighted by molar-refractivity contribution is 6.23. The van der Waals surface area contributed by atoms with Crippen molar-refractivity contribution in [3.8, 4) is 33.4 Å². The predicted molar refractivity (Wildman–Crippen MR) is 222 cm³/mol. The molecule has 0 fully saturated rings. The Morgan fingerprint density at radius 2 is 0.906 bits per heavy atom. The maximum atomic E-state index is 6.65. The first-order valence-corrected chi connectivity index (χ1v) is 18.4. The van der Waals surface area contributed by atoms with Gasteiger partial charge in [-0.2, -0.15) is 0 Å². The van der Waals surface area contributed by atoms with Crippen molar-refractivity contribution >= 4 is 76.2 Å². The lowest BCUT2D eigenvalue weighted by Gasteiger charge is -2.23. The SMILES string of the molecule is CC1(C)c2ccc(-c3c4ccccc4c(-c4ccc5c(c4)oc4ccccc45)c4ccccc34)cc2-c2ccc3ccc4c5ccccc5oc4c3c21. The molecule has 0 amide bonds. The summed E-state index contributed by atoms with van der Waals surface area (Å²) in [5, 5.41) is 12.0. The highest BCUT2D eigenvalue weighted by Crippen LogP contribution is 2.55. The quantitative estimate of drug-likeness (QED) is 0.170. The molecule has 0 saturated heterocycles. The first-order chi connectivity index (χ1) is 26.0. The van der Waals surface area contributed by atoms with Crippen molar-refractivity contribution in [2.45, 2.75) is 19.3 Å². The number of hydrogen-bond acceptors (Lipinski definition) is 2. The number of benzene rings is 9. The van der Waals surface area contributed by atoms with Crippen LogP contribution in [0.2, 0.25) is 0 Å². The van der Waals surface area contributed by atoms with E-state index in [2.05, 4.69) is 159 Å². The fraction of sp³-hybridized carbons (Fsp3) is 0.0588. The Labute approximate surface area is 305 Å². The number of furan rings is 2. The highest BCUT2D eigenvalue weighted by Gasteiger charge is 2.38. The molecule has 0 saturated carbocycles. The van der Waals surface area contributed by atoms with Crippen molar-refractivity contribution < 1.29 is 8.83 Å². The third kappa shape index (κ3) is 3.82. The van der Waals surface area contributed by atoms with Crippen LogP contribution >= 0.6 is 0 Å². The second-order valence-corrected chi connectivity index (χ2v) is 15.2. The molecule has 0 N–H and O–H groups in total. The van der Waals surface area contributed by atoms with E-state index in [0.717, 1.165) is 44.1 Å². The summed E-state index contributed by atoms with van der Waals surface area (Å²) in [5.41, 5.74) is 13.7. The fourth-order valence-corrected chi connectivity index (χ4v) is 9.70. The summed E-state index contributed by atoms with van der Waals surface area (Å²) in [6.07, 6.45) is 0. The molecule has 0 aliphatic heterocycles. The van der Waals surface area contributed by atoms with Crippen LogP contribution < -0.4 is 0 Å². The van der Waals surface area contributed by atoms with Crippen molar-refractivity contribution in [3.63, 3.8) is 0 Å². The molecule has 0 spiro atoms. The summed E-state index contributed by atoms with van der Waals surface area (Å²) in [5.74, 6) is 0. The normalized spacial score (nSPS) is 13.6. The van der Waals surface area contributed by atoms with E-state index < -0.39 is 0 Å². The van der Waals surface area contributed by atoms with Gasteiger partial charge in [-0.25, -0.2) is 0 Å². The maximum absolute atomic E-state index is 6.65. The monoisotopic (exact) mass is 676 g/mol. The summed E-state index contributed by atoms with van der Waals surface area (Å²) in [6, 6.07) is 57.4. The molecular formula is C51H32O2. The van der Waals surface area contributed by atoms with Gasteiger partial charge in [0.25, 0.3) is 0 Å². The van der Waals surface area contributed by atoms with E-state index in [1.165, 1.54) is 76.6 Å². The van der Waals surface area contributed by atoms with Crippen LogP contribution in [0.3, 0.4) is 0 Å². The molecule has 1 aliphatic carbocycles. The molecule has 248 valence electrons. The van der Waals surface area contributed by atoms with Gasteiger partial charge < -0.3 is 8.83 Å². The minimum absolute atomic E-state index is 0.209. The molecule has 2 aromatic heterocycles. The van der Waals surface area contributed by atoms with E-state index in [1.807, 2.05) is 12.1 Å². The molecule has 1 aliphatic rings. The summed E-state index contributed by atoms with van der Waals surface area (Å²) < 4.78 is 13.0. The smallest absolute Gasteiger partial charge is 0.143 e. The first-order valence-electron chi connectivity index (χ1n) is 18.4. The lowest BCUT2D eigenvalue weighted by molar-refractivity contribution is 0.656. The molecule has 2 heteroatoms. The molecule has 0 unspecified atom stereocenters. The second kappa shape index (κ2) is 10.2. The second-order valence-electron chi connectivity index (χ2n) is 15.2. The summed E-state index contributed by atoms with van der Waals surface area (Å²) in [4.78, 5) is 0. The molecule has 9 aromatic carbocycles. The van der Waals surface area contributed by atoms with Crippen LogP contribution in [-0.4, -0.2) is 0 Å². The topological polar surface area (TPSA) is 26.3 Å². The van der Waals surface area contributed by atoms with Crippen LogP contribution in [0.15, 0.2) is 167 Å². The van der Waals surface area contributed by atoms with Crippen molar-refractivity contribution in [2.75, 3.05) is 0 Å². The third-order valence-corrected chi connectivity index (χ3v) is 12.0. The zero-order valence-corrected chi connectivity index (χ0v) is 29.3. The molecule has 0 atom stereocenters. The van der Waals surface area contributed by atoms with Crippen molar-refractivity contribution in [1.29, 1.82) is 0 Å². The van der Waals surface area contributed by atoms with E-state index in [0.29, 0.717) is 0 Å². The zero-order chi connectivity index (χ0) is 35.0. The van der Waals surface area contributed by atoms with E-state index in [-0.39, 0.29) is 5.41 Å². The van der Waals surface area contributed by atoms with Crippen LogP contribution in [-0.2, 0) is 5.41 Å². The van der Waals surface area contributed by atoms with Crippen LogP contribution in [0.5, 0.6) is 0 Å². The van der Waals surface area contributed by atoms with Crippen LogP contribution in [0.4, 0.5) is 0 Å². The van der Waals surface area contributed by atoms with Gasteiger partial charge in [-0.15, -0.1) is 0 Å². The summed E-state index contributed by atoms with van der Waals surface area (Å²) in [6.45, 7) is 4.74. The fourth-order valence-electron chi connectivity index (χ4n) is 9.70. The Morgan fingerprint density at radius 1 is 0.396 bits per heavy atom. The van der Waals surface area contributed by atoms with Crippen LogP contribution in [0.1, 0.15) is 25.0 Å². The van der Waals surface area contributed by atoms with Gasteiger partial charge in [0, 0.05) is 32.3 Å². The average molecular weight is 677 g/mol. The van der Waals surface area contributed by atoms with Crippen LogP contribution in [0, 0.1) is 0 Å². The first kappa shape index (κ1) is 29.0. The Bertz CT molecular complexity index is 3310. The third-order valence-electron chi connectivity index (χ3n) is 12.0. The Hall–Kier alpha value is -6.64. The Balaban J connectivity index is 1.11. The lowest BCUT2D eigenvalue weighted by Crippen LogP contribution is -2.15. The van der Waals surface area contributed by atoms with Crippen LogP contribution in [0.25, 0.3) is 110 Å². The minimum atomic E-state index is -0.209. The summed E-state index contributed by atoms with van der Waals surface area (Å²) >= 11 is 0. The molecule has 2 nitrogen and oxygen atoms in total. The largest absolute Gasteiger partial charge is 0.456 e. The molecule has 2 heterocycles. The number of rotatable bonds is 2. The van der Waals surface area contributed by atoms with Gasteiger partial charge in [-0.1, -0.05) is 135 Å². The van der Waals surface area contributed by atoms with Gasteiger partial charge in [0.2, 0.25) is 0 Å². The average Bonchev–Trinajstić information content (AvgIpc) is 3.84. The van der Waals surface area contributed by atoms with Gasteiger partial charge in [0.05, 0.1) is 0 Å². The van der Waals surface area contributed by atoms with Crippen molar-refractivity contribution in [3.05, 3.63) is 169 Å². The number of fused-ring (bicyclic) bond motifs is 14. The van der Waals surface area contributed by atoms with E-state index >= 15 is 0 Å². The molecule has 11 aromatic rings. The lowest BCUT2D eigenvalue weighted by atomic mass is 9.79. The standard InChI is InChI=1S/C51H32O2/c1-51(2)42-26-22-30(27-41(42)39-24-19-29-20-25-40-33-12-8-10-18-44(33)53-50(40)48(29)49(39)51)46-35-13-3-5-15-37(35)47(38-16-6-4-14-36(38)46)31-21-23-34-32-11-7-9-17-43(32)52-45(34)28-31/h3-28H,1-2H3.